The molecule has 1 heterocycles. The molecule has 7 nitrogen and oxygen atoms in total. The lowest BCUT2D eigenvalue weighted by molar-refractivity contribution is -0.119. The minimum Gasteiger partial charge on any atom is -0.445 e. The molecule has 0 spiro atoms. The van der Waals surface area contributed by atoms with Gasteiger partial charge in [0.2, 0.25) is 11.8 Å². The number of hydrogen-bond acceptors (Lipinski definition) is 4. The SMILES string of the molecule is CC[C@H](C)[C@H](NC(=O)OCc1ccccc1)C(=O)Nc1cccc(N2CCCC2=O)c1. The molecule has 3 rings (SSSR count). The van der Waals surface area contributed by atoms with E-state index in [-0.39, 0.29) is 24.3 Å². The van der Waals surface area contributed by atoms with E-state index in [2.05, 4.69) is 10.6 Å². The van der Waals surface area contributed by atoms with Crippen LogP contribution in [-0.4, -0.2) is 30.5 Å². The third kappa shape index (κ3) is 6.07. The third-order valence-electron chi connectivity index (χ3n) is 5.48. The first-order valence-corrected chi connectivity index (χ1v) is 10.7. The number of hydrogen-bond donors (Lipinski definition) is 2. The van der Waals surface area contributed by atoms with Crippen molar-refractivity contribution in [1.29, 1.82) is 0 Å². The van der Waals surface area contributed by atoms with Crippen LogP contribution in [0.15, 0.2) is 54.6 Å². The summed E-state index contributed by atoms with van der Waals surface area (Å²) in [6.45, 7) is 4.68. The second kappa shape index (κ2) is 10.6. The Bertz CT molecular complexity index is 916. The molecule has 2 aromatic rings. The van der Waals surface area contributed by atoms with E-state index in [0.717, 1.165) is 17.7 Å². The average molecular weight is 424 g/mol. The molecule has 2 N–H and O–H groups in total. The monoisotopic (exact) mass is 423 g/mol. The number of nitrogens with one attached hydrogen (secondary N) is 2. The van der Waals surface area contributed by atoms with Gasteiger partial charge < -0.3 is 20.3 Å². The zero-order valence-corrected chi connectivity index (χ0v) is 18.0. The maximum atomic E-state index is 13.0. The van der Waals surface area contributed by atoms with Crippen molar-refractivity contribution in [3.05, 3.63) is 60.2 Å². The number of ether oxygens (including phenoxy) is 1. The Labute approximate surface area is 182 Å². The first kappa shape index (κ1) is 22.3. The lowest BCUT2D eigenvalue weighted by atomic mass is 9.98. The van der Waals surface area contributed by atoms with Gasteiger partial charge in [-0.15, -0.1) is 0 Å². The van der Waals surface area contributed by atoms with Crippen LogP contribution in [0.1, 0.15) is 38.7 Å². The molecule has 0 aliphatic carbocycles. The van der Waals surface area contributed by atoms with Gasteiger partial charge in [0.25, 0.3) is 0 Å². The van der Waals surface area contributed by atoms with E-state index in [0.29, 0.717) is 25.1 Å². The van der Waals surface area contributed by atoms with Crippen LogP contribution in [0.5, 0.6) is 0 Å². The Balaban J connectivity index is 1.63. The van der Waals surface area contributed by atoms with E-state index < -0.39 is 12.1 Å². The van der Waals surface area contributed by atoms with Gasteiger partial charge in [-0.3, -0.25) is 9.59 Å². The summed E-state index contributed by atoms with van der Waals surface area (Å²) in [5, 5.41) is 5.56. The summed E-state index contributed by atoms with van der Waals surface area (Å²) >= 11 is 0. The van der Waals surface area contributed by atoms with Gasteiger partial charge in [0, 0.05) is 24.3 Å². The van der Waals surface area contributed by atoms with Crippen LogP contribution in [0.2, 0.25) is 0 Å². The summed E-state index contributed by atoms with van der Waals surface area (Å²) < 4.78 is 5.28. The van der Waals surface area contributed by atoms with E-state index >= 15 is 0 Å². The highest BCUT2D eigenvalue weighted by Gasteiger charge is 2.27. The van der Waals surface area contributed by atoms with Crippen molar-refractivity contribution in [2.75, 3.05) is 16.8 Å². The Kier molecular flexibility index (Phi) is 7.65. The maximum Gasteiger partial charge on any atom is 0.408 e. The number of benzene rings is 2. The molecule has 0 bridgehead atoms. The molecule has 31 heavy (non-hydrogen) atoms. The first-order chi connectivity index (χ1) is 15.0. The first-order valence-electron chi connectivity index (χ1n) is 10.7. The molecular weight excluding hydrogens is 394 g/mol. The highest BCUT2D eigenvalue weighted by molar-refractivity contribution is 5.99. The van der Waals surface area contributed by atoms with Gasteiger partial charge in [0.05, 0.1) is 0 Å². The third-order valence-corrected chi connectivity index (χ3v) is 5.48. The highest BCUT2D eigenvalue weighted by atomic mass is 16.5. The van der Waals surface area contributed by atoms with Crippen LogP contribution in [0.4, 0.5) is 16.2 Å². The summed E-state index contributed by atoms with van der Waals surface area (Å²) in [6, 6.07) is 15.8. The van der Waals surface area contributed by atoms with E-state index in [4.69, 9.17) is 4.74 Å². The van der Waals surface area contributed by atoms with Gasteiger partial charge in [-0.25, -0.2) is 4.79 Å². The van der Waals surface area contributed by atoms with E-state index in [9.17, 15) is 14.4 Å². The minimum atomic E-state index is -0.745. The fourth-order valence-electron chi connectivity index (χ4n) is 3.49. The molecule has 0 radical (unpaired) electrons. The van der Waals surface area contributed by atoms with Crippen molar-refractivity contribution < 1.29 is 19.1 Å². The number of carbonyl (C=O) groups excluding carboxylic acids is 3. The van der Waals surface area contributed by atoms with Crippen LogP contribution < -0.4 is 15.5 Å². The lowest BCUT2D eigenvalue weighted by Crippen LogP contribution is -2.47. The van der Waals surface area contributed by atoms with Gasteiger partial charge in [-0.2, -0.15) is 0 Å². The topological polar surface area (TPSA) is 87.7 Å². The van der Waals surface area contributed by atoms with E-state index in [1.807, 2.05) is 50.2 Å². The normalized spacial score (nSPS) is 15.3. The van der Waals surface area contributed by atoms with Crippen molar-refractivity contribution >= 4 is 29.3 Å². The van der Waals surface area contributed by atoms with Crippen LogP contribution >= 0.6 is 0 Å². The fraction of sp³-hybridized carbons (Fsp3) is 0.375. The van der Waals surface area contributed by atoms with Crippen molar-refractivity contribution in [3.63, 3.8) is 0 Å². The predicted molar refractivity (Wildman–Crippen MR) is 120 cm³/mol. The van der Waals surface area contributed by atoms with Crippen LogP contribution in [0.3, 0.4) is 0 Å². The Morgan fingerprint density at radius 2 is 1.90 bits per heavy atom. The number of amides is 3. The van der Waals surface area contributed by atoms with Crippen molar-refractivity contribution in [2.24, 2.45) is 5.92 Å². The number of alkyl carbamates (subject to hydrolysis) is 1. The summed E-state index contributed by atoms with van der Waals surface area (Å²) in [7, 11) is 0. The Morgan fingerprint density at radius 3 is 2.58 bits per heavy atom. The van der Waals surface area contributed by atoms with Gasteiger partial charge >= 0.3 is 6.09 Å². The second-order valence-electron chi connectivity index (χ2n) is 7.76. The van der Waals surface area contributed by atoms with Gasteiger partial charge in [0.1, 0.15) is 12.6 Å². The molecule has 0 saturated carbocycles. The molecule has 0 aromatic heterocycles. The largest absolute Gasteiger partial charge is 0.445 e. The molecule has 1 fully saturated rings. The quantitative estimate of drug-likeness (QED) is 0.669. The standard InChI is InChI=1S/C24H29N3O4/c1-3-17(2)22(26-24(30)31-16-18-9-5-4-6-10-18)23(29)25-19-11-7-12-20(15-19)27-14-8-13-21(27)28/h4-7,9-12,15,17,22H,3,8,13-14,16H2,1-2H3,(H,25,29)(H,26,30)/t17-,22-/m0/s1. The lowest BCUT2D eigenvalue weighted by Gasteiger charge is -2.24. The highest BCUT2D eigenvalue weighted by Crippen LogP contribution is 2.24. The molecular formula is C24H29N3O4. The smallest absolute Gasteiger partial charge is 0.408 e. The molecule has 0 unspecified atom stereocenters. The summed E-state index contributed by atoms with van der Waals surface area (Å²) in [5.41, 5.74) is 2.21. The molecule has 1 aliphatic rings. The summed E-state index contributed by atoms with van der Waals surface area (Å²) in [6.07, 6.45) is 1.45. The summed E-state index contributed by atoms with van der Waals surface area (Å²) in [4.78, 5) is 39.0. The number of anilines is 2. The zero-order chi connectivity index (χ0) is 22.2. The molecule has 1 saturated heterocycles. The van der Waals surface area contributed by atoms with Crippen molar-refractivity contribution in [2.45, 2.75) is 45.8 Å². The van der Waals surface area contributed by atoms with Gasteiger partial charge in [-0.1, -0.05) is 56.7 Å². The van der Waals surface area contributed by atoms with Crippen molar-refractivity contribution in [1.82, 2.24) is 5.32 Å². The molecule has 2 atom stereocenters. The number of carbonyl (C=O) groups is 3. The van der Waals surface area contributed by atoms with Gasteiger partial charge in [0.15, 0.2) is 0 Å². The number of rotatable bonds is 8. The average Bonchev–Trinajstić information content (AvgIpc) is 3.22. The van der Waals surface area contributed by atoms with E-state index in [1.165, 1.54) is 0 Å². The van der Waals surface area contributed by atoms with Gasteiger partial charge in [-0.05, 0) is 36.1 Å². The molecule has 7 heteroatoms. The molecule has 1 aliphatic heterocycles. The second-order valence-corrected chi connectivity index (χ2v) is 7.76. The summed E-state index contributed by atoms with van der Waals surface area (Å²) in [5.74, 6) is -0.327. The molecule has 2 aromatic carbocycles. The number of nitrogens with zero attached hydrogens (tertiary/aromatic N) is 1. The predicted octanol–water partition coefficient (Wildman–Crippen LogP) is 4.09. The maximum absolute atomic E-state index is 13.0. The van der Waals surface area contributed by atoms with Crippen LogP contribution in [0, 0.1) is 5.92 Å². The Morgan fingerprint density at radius 1 is 1.13 bits per heavy atom. The molecule has 164 valence electrons. The van der Waals surface area contributed by atoms with E-state index in [1.54, 1.807) is 23.1 Å². The minimum absolute atomic E-state index is 0.0868. The van der Waals surface area contributed by atoms with Crippen LogP contribution in [0.25, 0.3) is 0 Å². The fourth-order valence-corrected chi connectivity index (χ4v) is 3.49. The molecule has 3 amide bonds. The Hall–Kier alpha value is -3.35. The van der Waals surface area contributed by atoms with Crippen molar-refractivity contribution in [3.8, 4) is 0 Å². The zero-order valence-electron chi connectivity index (χ0n) is 18.0. The van der Waals surface area contributed by atoms with Crippen LogP contribution in [-0.2, 0) is 20.9 Å².